The zero-order valence-electron chi connectivity index (χ0n) is 16.9. The fraction of sp³-hybridized carbons (Fsp3) is 0.429. The molecule has 1 aliphatic heterocycles. The van der Waals surface area contributed by atoms with E-state index in [1.54, 1.807) is 19.2 Å². The summed E-state index contributed by atoms with van der Waals surface area (Å²) in [6, 6.07) is 9.40. The number of nitrogens with one attached hydrogen (secondary N) is 2. The van der Waals surface area contributed by atoms with Crippen molar-refractivity contribution in [1.29, 1.82) is 0 Å². The predicted molar refractivity (Wildman–Crippen MR) is 110 cm³/mol. The molecule has 1 unspecified atom stereocenters. The largest absolute Gasteiger partial charge is 0.491 e. The molecule has 1 aliphatic rings. The van der Waals surface area contributed by atoms with Crippen molar-refractivity contribution in [3.05, 3.63) is 53.0 Å². The monoisotopic (exact) mass is 400 g/mol. The first kappa shape index (κ1) is 20.7. The topological polar surface area (TPSA) is 111 Å². The van der Waals surface area contributed by atoms with Gasteiger partial charge in [0, 0.05) is 25.8 Å². The van der Waals surface area contributed by atoms with Gasteiger partial charge in [0.2, 0.25) is 0 Å². The lowest BCUT2D eigenvalue weighted by Gasteiger charge is -2.17. The van der Waals surface area contributed by atoms with Crippen LogP contribution >= 0.6 is 0 Å². The summed E-state index contributed by atoms with van der Waals surface area (Å²) in [6.45, 7) is 4.34. The van der Waals surface area contributed by atoms with Crippen LogP contribution in [0.5, 0.6) is 5.75 Å². The van der Waals surface area contributed by atoms with E-state index in [0.29, 0.717) is 31.4 Å². The van der Waals surface area contributed by atoms with Gasteiger partial charge in [0.05, 0.1) is 12.6 Å². The van der Waals surface area contributed by atoms with E-state index in [0.717, 1.165) is 36.3 Å². The highest BCUT2D eigenvalue weighted by Crippen LogP contribution is 2.22. The van der Waals surface area contributed by atoms with E-state index >= 15 is 0 Å². The molecule has 156 valence electrons. The van der Waals surface area contributed by atoms with Crippen LogP contribution in [-0.4, -0.2) is 38.2 Å². The summed E-state index contributed by atoms with van der Waals surface area (Å²) >= 11 is 0. The Balaban J connectivity index is 1.54. The van der Waals surface area contributed by atoms with Crippen molar-refractivity contribution in [3.8, 4) is 5.75 Å². The molecule has 0 bridgehead atoms. The molecule has 0 spiro atoms. The third kappa shape index (κ3) is 5.99. The lowest BCUT2D eigenvalue weighted by molar-refractivity contribution is 0.0676. The number of guanidine groups is 1. The molecule has 1 saturated heterocycles. The van der Waals surface area contributed by atoms with E-state index in [2.05, 4.69) is 21.7 Å². The van der Waals surface area contributed by atoms with Crippen molar-refractivity contribution in [3.63, 3.8) is 0 Å². The van der Waals surface area contributed by atoms with Gasteiger partial charge in [0.15, 0.2) is 11.7 Å². The van der Waals surface area contributed by atoms with Crippen molar-refractivity contribution in [2.24, 2.45) is 10.7 Å². The maximum absolute atomic E-state index is 11.1. The zero-order valence-corrected chi connectivity index (χ0v) is 16.9. The first-order valence-electron chi connectivity index (χ1n) is 9.72. The van der Waals surface area contributed by atoms with Crippen LogP contribution in [0.4, 0.5) is 0 Å². The first-order chi connectivity index (χ1) is 14.0. The minimum Gasteiger partial charge on any atom is -0.491 e. The maximum Gasteiger partial charge on any atom is 0.284 e. The summed E-state index contributed by atoms with van der Waals surface area (Å²) in [6.07, 6.45) is 2.30. The molecule has 8 nitrogen and oxygen atoms in total. The number of hydrogen-bond acceptors (Lipinski definition) is 5. The molecule has 2 aromatic rings. The number of primary amides is 1. The van der Waals surface area contributed by atoms with Crippen LogP contribution in [0.3, 0.4) is 0 Å². The van der Waals surface area contributed by atoms with Gasteiger partial charge in [-0.3, -0.25) is 9.79 Å². The fourth-order valence-electron chi connectivity index (χ4n) is 3.08. The molecule has 0 radical (unpaired) electrons. The molecule has 4 N–H and O–H groups in total. The Morgan fingerprint density at radius 3 is 2.79 bits per heavy atom. The van der Waals surface area contributed by atoms with Gasteiger partial charge in [0.1, 0.15) is 18.1 Å². The number of amides is 1. The number of nitrogens with two attached hydrogens (primary N) is 1. The van der Waals surface area contributed by atoms with Gasteiger partial charge in [-0.25, -0.2) is 0 Å². The van der Waals surface area contributed by atoms with Gasteiger partial charge in [0.25, 0.3) is 5.91 Å². The van der Waals surface area contributed by atoms with Crippen molar-refractivity contribution in [2.75, 3.05) is 20.3 Å². The highest BCUT2D eigenvalue weighted by Gasteiger charge is 2.17. The van der Waals surface area contributed by atoms with Crippen molar-refractivity contribution in [2.45, 2.75) is 39.0 Å². The van der Waals surface area contributed by atoms with E-state index in [-0.39, 0.29) is 11.9 Å². The second kappa shape index (κ2) is 9.97. The van der Waals surface area contributed by atoms with E-state index in [1.807, 2.05) is 19.1 Å². The van der Waals surface area contributed by atoms with Gasteiger partial charge in [-0.1, -0.05) is 12.1 Å². The highest BCUT2D eigenvalue weighted by molar-refractivity contribution is 5.89. The Morgan fingerprint density at radius 2 is 2.10 bits per heavy atom. The second-order valence-electron chi connectivity index (χ2n) is 6.97. The molecule has 3 rings (SSSR count). The first-order valence-corrected chi connectivity index (χ1v) is 9.72. The van der Waals surface area contributed by atoms with Gasteiger partial charge in [-0.15, -0.1) is 0 Å². The smallest absolute Gasteiger partial charge is 0.284 e. The maximum atomic E-state index is 11.1. The average Bonchev–Trinajstić information content (AvgIpc) is 3.39. The van der Waals surface area contributed by atoms with Crippen LogP contribution < -0.4 is 21.1 Å². The number of ether oxygens (including phenoxy) is 2. The minimum absolute atomic E-state index is 0.137. The van der Waals surface area contributed by atoms with Crippen molar-refractivity contribution >= 4 is 11.9 Å². The standard InChI is InChI=1S/C21H28N4O4/c1-14-5-6-15(19(10-14)28-13-17-4-3-9-27-17)11-24-21(23-2)25-12-16-7-8-18(29-16)20(22)26/h5-8,10,17H,3-4,9,11-13H2,1-2H3,(H2,22,26)(H2,23,24,25). The molecule has 1 aromatic carbocycles. The Labute approximate surface area is 170 Å². The molecule has 0 aliphatic carbocycles. The quantitative estimate of drug-likeness (QED) is 0.462. The molecule has 8 heteroatoms. The van der Waals surface area contributed by atoms with Gasteiger partial charge < -0.3 is 30.3 Å². The normalized spacial score (nSPS) is 16.6. The summed E-state index contributed by atoms with van der Waals surface area (Å²) in [5.74, 6) is 1.59. The van der Waals surface area contributed by atoms with E-state index in [9.17, 15) is 4.79 Å². The summed E-state index contributed by atoms with van der Waals surface area (Å²) < 4.78 is 17.0. The lowest BCUT2D eigenvalue weighted by Crippen LogP contribution is -2.36. The third-order valence-electron chi connectivity index (χ3n) is 4.68. The van der Waals surface area contributed by atoms with Crippen LogP contribution in [0.25, 0.3) is 0 Å². The number of nitrogens with zero attached hydrogens (tertiary/aromatic N) is 1. The Bertz CT molecular complexity index is 856. The molecular formula is C21H28N4O4. The number of benzene rings is 1. The number of carbonyl (C=O) groups excluding carboxylic acids is 1. The van der Waals surface area contributed by atoms with E-state index < -0.39 is 5.91 Å². The molecule has 1 fully saturated rings. The Morgan fingerprint density at radius 1 is 1.28 bits per heavy atom. The molecule has 1 amide bonds. The lowest BCUT2D eigenvalue weighted by atomic mass is 10.1. The summed E-state index contributed by atoms with van der Waals surface area (Å²) in [5, 5.41) is 6.42. The van der Waals surface area contributed by atoms with E-state index in [4.69, 9.17) is 19.6 Å². The number of aliphatic imine (C=N–C) groups is 1. The number of aryl methyl sites for hydroxylation is 1. The highest BCUT2D eigenvalue weighted by atomic mass is 16.5. The van der Waals surface area contributed by atoms with Crippen LogP contribution in [0.15, 0.2) is 39.7 Å². The predicted octanol–water partition coefficient (Wildman–Crippen LogP) is 2.11. The minimum atomic E-state index is -0.589. The molecule has 0 saturated carbocycles. The zero-order chi connectivity index (χ0) is 20.6. The van der Waals surface area contributed by atoms with Crippen LogP contribution in [0.2, 0.25) is 0 Å². The van der Waals surface area contributed by atoms with E-state index in [1.165, 1.54) is 0 Å². The molecule has 29 heavy (non-hydrogen) atoms. The summed E-state index contributed by atoms with van der Waals surface area (Å²) in [5.41, 5.74) is 7.38. The van der Waals surface area contributed by atoms with Gasteiger partial charge in [-0.2, -0.15) is 0 Å². The van der Waals surface area contributed by atoms with Crippen LogP contribution in [0.1, 0.15) is 40.3 Å². The van der Waals surface area contributed by atoms with Gasteiger partial charge in [-0.05, 0) is 43.5 Å². The number of rotatable bonds is 8. The Hall–Kier alpha value is -3.00. The molecule has 1 atom stereocenters. The van der Waals surface area contributed by atoms with Crippen molar-refractivity contribution in [1.82, 2.24) is 10.6 Å². The fourth-order valence-corrected chi connectivity index (χ4v) is 3.08. The second-order valence-corrected chi connectivity index (χ2v) is 6.97. The van der Waals surface area contributed by atoms with Crippen molar-refractivity contribution < 1.29 is 18.7 Å². The SMILES string of the molecule is CN=C(NCc1ccc(C(N)=O)o1)NCc1ccc(C)cc1OCC1CCCO1. The summed E-state index contributed by atoms with van der Waals surface area (Å²) in [7, 11) is 1.69. The van der Waals surface area contributed by atoms with Crippen LogP contribution in [0, 0.1) is 6.92 Å². The van der Waals surface area contributed by atoms with Crippen LogP contribution in [-0.2, 0) is 17.8 Å². The molecule has 2 heterocycles. The van der Waals surface area contributed by atoms with Gasteiger partial charge >= 0.3 is 0 Å². The Kier molecular flexibility index (Phi) is 7.13. The number of carbonyl (C=O) groups is 1. The number of hydrogen-bond donors (Lipinski definition) is 3. The molecule has 1 aromatic heterocycles. The molecular weight excluding hydrogens is 372 g/mol. The summed E-state index contributed by atoms with van der Waals surface area (Å²) in [4.78, 5) is 15.3. The average molecular weight is 400 g/mol. The number of furan rings is 1. The third-order valence-corrected chi connectivity index (χ3v) is 4.68.